The van der Waals surface area contributed by atoms with E-state index in [0.717, 1.165) is 23.3 Å². The zero-order valence-electron chi connectivity index (χ0n) is 12.0. The quantitative estimate of drug-likeness (QED) is 0.851. The van der Waals surface area contributed by atoms with Crippen LogP contribution in [0.1, 0.15) is 16.9 Å². The number of nitrogens with two attached hydrogens (primary N) is 1. The van der Waals surface area contributed by atoms with Crippen molar-refractivity contribution in [1.29, 1.82) is 0 Å². The van der Waals surface area contributed by atoms with Gasteiger partial charge in [0.25, 0.3) is 0 Å². The van der Waals surface area contributed by atoms with Crippen molar-refractivity contribution in [2.45, 2.75) is 24.3 Å². The van der Waals surface area contributed by atoms with Gasteiger partial charge in [0.15, 0.2) is 0 Å². The van der Waals surface area contributed by atoms with Gasteiger partial charge in [-0.2, -0.15) is 4.31 Å². The molecular weight excluding hydrogens is 304 g/mol. The van der Waals surface area contributed by atoms with Crippen LogP contribution in [0.4, 0.5) is 0 Å². The van der Waals surface area contributed by atoms with Gasteiger partial charge in [0.2, 0.25) is 10.0 Å². The molecule has 0 radical (unpaired) electrons. The largest absolute Gasteiger partial charge is 0.330 e. The molecule has 2 N–H and O–H groups in total. The van der Waals surface area contributed by atoms with Crippen LogP contribution in [0.2, 0.25) is 0 Å². The van der Waals surface area contributed by atoms with Crippen LogP contribution in [0.15, 0.2) is 46.7 Å². The highest BCUT2D eigenvalue weighted by molar-refractivity contribution is 7.89. The Morgan fingerprint density at radius 3 is 2.48 bits per heavy atom. The van der Waals surface area contributed by atoms with Gasteiger partial charge in [-0.1, -0.05) is 18.2 Å². The highest BCUT2D eigenvalue weighted by atomic mass is 32.2. The van der Waals surface area contributed by atoms with Crippen LogP contribution >= 0.6 is 11.3 Å². The maximum atomic E-state index is 12.5. The summed E-state index contributed by atoms with van der Waals surface area (Å²) in [5.74, 6) is 0. The number of hydrogen-bond donors (Lipinski definition) is 1. The van der Waals surface area contributed by atoms with E-state index >= 15 is 0 Å². The third-order valence-corrected chi connectivity index (χ3v) is 5.94. The van der Waals surface area contributed by atoms with Crippen LogP contribution in [0.5, 0.6) is 0 Å². The molecule has 1 aromatic carbocycles. The fourth-order valence-corrected chi connectivity index (χ4v) is 4.01. The second-order valence-corrected chi connectivity index (χ2v) is 7.95. The molecule has 2 rings (SSSR count). The second kappa shape index (κ2) is 7.17. The molecule has 0 aliphatic carbocycles. The first kappa shape index (κ1) is 16.2. The molecule has 4 nitrogen and oxygen atoms in total. The normalized spacial score (nSPS) is 12.0. The van der Waals surface area contributed by atoms with E-state index in [4.69, 9.17) is 5.73 Å². The summed E-state index contributed by atoms with van der Waals surface area (Å²) in [7, 11) is -1.83. The molecular formula is C15H20N2O2S2. The smallest absolute Gasteiger partial charge is 0.243 e. The van der Waals surface area contributed by atoms with Crippen molar-refractivity contribution in [3.05, 3.63) is 52.2 Å². The molecule has 0 bridgehead atoms. The van der Waals surface area contributed by atoms with Gasteiger partial charge in [-0.25, -0.2) is 8.42 Å². The molecule has 0 saturated heterocycles. The van der Waals surface area contributed by atoms with E-state index in [1.807, 2.05) is 29.6 Å². The van der Waals surface area contributed by atoms with Gasteiger partial charge >= 0.3 is 0 Å². The molecule has 0 unspecified atom stereocenters. The van der Waals surface area contributed by atoms with Crippen molar-refractivity contribution in [2.75, 3.05) is 13.6 Å². The minimum atomic E-state index is -3.44. The summed E-state index contributed by atoms with van der Waals surface area (Å²) >= 11 is 1.56. The van der Waals surface area contributed by atoms with Gasteiger partial charge in [-0.15, -0.1) is 11.3 Å². The number of benzene rings is 1. The summed E-state index contributed by atoms with van der Waals surface area (Å²) in [5, 5.41) is 1.95. The molecule has 1 heterocycles. The minimum Gasteiger partial charge on any atom is -0.330 e. The van der Waals surface area contributed by atoms with Crippen molar-refractivity contribution in [3.8, 4) is 0 Å². The van der Waals surface area contributed by atoms with Crippen LogP contribution < -0.4 is 5.73 Å². The highest BCUT2D eigenvalue weighted by Gasteiger charge is 2.20. The van der Waals surface area contributed by atoms with E-state index in [9.17, 15) is 8.42 Å². The van der Waals surface area contributed by atoms with Crippen LogP contribution in [0, 0.1) is 0 Å². The number of nitrogens with zero attached hydrogens (tertiary/aromatic N) is 1. The Labute approximate surface area is 130 Å². The second-order valence-electron chi connectivity index (χ2n) is 4.88. The Kier molecular flexibility index (Phi) is 5.52. The van der Waals surface area contributed by atoms with E-state index in [2.05, 4.69) is 0 Å². The maximum Gasteiger partial charge on any atom is 0.243 e. The first-order valence-electron chi connectivity index (χ1n) is 6.82. The average molecular weight is 324 g/mol. The molecule has 6 heteroatoms. The number of rotatable bonds is 7. The van der Waals surface area contributed by atoms with Crippen molar-refractivity contribution >= 4 is 21.4 Å². The minimum absolute atomic E-state index is 0.332. The number of aryl methyl sites for hydroxylation is 1. The molecule has 2 aromatic rings. The van der Waals surface area contributed by atoms with E-state index in [-0.39, 0.29) is 0 Å². The molecule has 114 valence electrons. The Morgan fingerprint density at radius 2 is 1.90 bits per heavy atom. The third kappa shape index (κ3) is 4.14. The van der Waals surface area contributed by atoms with Crippen LogP contribution in [-0.4, -0.2) is 26.3 Å². The first-order valence-corrected chi connectivity index (χ1v) is 9.14. The van der Waals surface area contributed by atoms with E-state index in [0.29, 0.717) is 18.0 Å². The van der Waals surface area contributed by atoms with Crippen molar-refractivity contribution in [2.24, 2.45) is 5.73 Å². The Hall–Kier alpha value is -1.21. The van der Waals surface area contributed by atoms with E-state index in [1.54, 1.807) is 30.5 Å². The number of sulfonamides is 1. The van der Waals surface area contributed by atoms with Gasteiger partial charge in [0, 0.05) is 18.5 Å². The van der Waals surface area contributed by atoms with Gasteiger partial charge < -0.3 is 5.73 Å². The van der Waals surface area contributed by atoms with Gasteiger partial charge in [0.05, 0.1) is 4.90 Å². The summed E-state index contributed by atoms with van der Waals surface area (Å²) in [6.07, 6.45) is 1.78. The van der Waals surface area contributed by atoms with Crippen molar-refractivity contribution < 1.29 is 8.42 Å². The Balaban J connectivity index is 2.11. The zero-order valence-corrected chi connectivity index (χ0v) is 13.7. The molecule has 1 aromatic heterocycles. The lowest BCUT2D eigenvalue weighted by Crippen LogP contribution is -2.26. The topological polar surface area (TPSA) is 63.4 Å². The fourth-order valence-electron chi connectivity index (χ4n) is 2.02. The summed E-state index contributed by atoms with van der Waals surface area (Å²) in [6, 6.07) is 10.9. The monoisotopic (exact) mass is 324 g/mol. The predicted octanol–water partition coefficient (Wildman–Crippen LogP) is 2.46. The molecule has 0 spiro atoms. The zero-order chi connectivity index (χ0) is 15.3. The Morgan fingerprint density at radius 1 is 1.19 bits per heavy atom. The molecule has 0 amide bonds. The number of thiophene rings is 1. The van der Waals surface area contributed by atoms with E-state index < -0.39 is 10.0 Å². The van der Waals surface area contributed by atoms with Gasteiger partial charge in [-0.05, 0) is 48.5 Å². The van der Waals surface area contributed by atoms with Gasteiger partial charge in [0.1, 0.15) is 0 Å². The molecule has 21 heavy (non-hydrogen) atoms. The van der Waals surface area contributed by atoms with E-state index in [1.165, 1.54) is 4.31 Å². The number of hydrogen-bond acceptors (Lipinski definition) is 4. The maximum absolute atomic E-state index is 12.5. The van der Waals surface area contributed by atoms with Crippen LogP contribution in [-0.2, 0) is 23.0 Å². The molecule has 0 aliphatic rings. The summed E-state index contributed by atoms with van der Waals surface area (Å²) < 4.78 is 26.4. The lowest BCUT2D eigenvalue weighted by molar-refractivity contribution is 0.469. The van der Waals surface area contributed by atoms with Crippen molar-refractivity contribution in [1.82, 2.24) is 4.31 Å². The molecule has 0 aliphatic heterocycles. The first-order chi connectivity index (χ1) is 10.0. The fraction of sp³-hybridized carbons (Fsp3) is 0.333. The lowest BCUT2D eigenvalue weighted by atomic mass is 10.1. The average Bonchev–Trinajstić information content (AvgIpc) is 2.98. The van der Waals surface area contributed by atoms with Gasteiger partial charge in [-0.3, -0.25) is 0 Å². The SMILES string of the molecule is CN(Cc1cccs1)S(=O)(=O)c1ccc(CCCN)cc1. The van der Waals surface area contributed by atoms with Crippen molar-refractivity contribution in [3.63, 3.8) is 0 Å². The van der Waals surface area contributed by atoms with Crippen LogP contribution in [0.25, 0.3) is 0 Å². The third-order valence-electron chi connectivity index (χ3n) is 3.26. The molecule has 0 atom stereocenters. The summed E-state index contributed by atoms with van der Waals surface area (Å²) in [5.41, 5.74) is 6.59. The van der Waals surface area contributed by atoms with Crippen LogP contribution in [0.3, 0.4) is 0 Å². The molecule has 0 saturated carbocycles. The summed E-state index contributed by atoms with van der Waals surface area (Å²) in [6.45, 7) is 1.04. The predicted molar refractivity (Wildman–Crippen MR) is 86.8 cm³/mol. The summed E-state index contributed by atoms with van der Waals surface area (Å²) in [4.78, 5) is 1.36. The molecule has 0 fully saturated rings. The highest BCUT2D eigenvalue weighted by Crippen LogP contribution is 2.19. The standard InChI is InChI=1S/C15H20N2O2S2/c1-17(12-14-5-3-11-20-14)21(18,19)15-8-6-13(7-9-15)4-2-10-16/h3,5-9,11H,2,4,10,12,16H2,1H3. The lowest BCUT2D eigenvalue weighted by Gasteiger charge is -2.16. The Bertz CT molecular complexity index is 649.